The zero-order valence-corrected chi connectivity index (χ0v) is 18.3. The molecule has 0 aromatic heterocycles. The molecule has 0 fully saturated rings. The zero-order valence-electron chi connectivity index (χ0n) is 15.9. The Morgan fingerprint density at radius 2 is 1.68 bits per heavy atom. The topological polar surface area (TPSA) is 66.6 Å². The maximum absolute atomic E-state index is 6.10. The zero-order chi connectivity index (χ0) is 20.5. The second kappa shape index (κ2) is 10.9. The molecule has 0 aliphatic rings. The van der Waals surface area contributed by atoms with Crippen molar-refractivity contribution in [2.75, 3.05) is 26.1 Å². The van der Waals surface area contributed by atoms with Crippen LogP contribution >= 0.6 is 36.0 Å². The molecule has 0 unspecified atom stereocenters. The maximum atomic E-state index is 6.10. The number of ether oxygens (including phenoxy) is 2. The van der Waals surface area contributed by atoms with Gasteiger partial charge >= 0.3 is 0 Å². The highest BCUT2D eigenvalue weighted by atomic mass is 35.5. The molecular formula is C19H23ClN4O2S2. The summed E-state index contributed by atoms with van der Waals surface area (Å²) in [7, 11) is 3.23. The summed E-state index contributed by atoms with van der Waals surface area (Å²) in [6.45, 7) is 2.59. The number of aryl methyl sites for hydroxylation is 1. The van der Waals surface area contributed by atoms with Gasteiger partial charge < -0.3 is 20.1 Å². The van der Waals surface area contributed by atoms with Gasteiger partial charge in [-0.05, 0) is 73.2 Å². The quantitative estimate of drug-likeness (QED) is 0.403. The van der Waals surface area contributed by atoms with Crippen LogP contribution in [0.2, 0.25) is 5.02 Å². The maximum Gasteiger partial charge on any atom is 0.189 e. The van der Waals surface area contributed by atoms with Crippen LogP contribution in [0.15, 0.2) is 36.4 Å². The molecule has 0 atom stereocenters. The van der Waals surface area contributed by atoms with Crippen molar-refractivity contribution >= 4 is 51.9 Å². The predicted octanol–water partition coefficient (Wildman–Crippen LogP) is 3.57. The molecule has 0 bridgehead atoms. The first-order chi connectivity index (χ1) is 13.4. The third-order valence-corrected chi connectivity index (χ3v) is 4.72. The number of methoxy groups -OCH3 is 2. The second-order valence-corrected chi connectivity index (χ2v) is 7.09. The molecule has 4 N–H and O–H groups in total. The van der Waals surface area contributed by atoms with Gasteiger partial charge in [0.2, 0.25) is 0 Å². The van der Waals surface area contributed by atoms with Crippen LogP contribution in [0.25, 0.3) is 0 Å². The van der Waals surface area contributed by atoms with E-state index in [9.17, 15) is 0 Å². The van der Waals surface area contributed by atoms with E-state index in [1.54, 1.807) is 14.2 Å². The van der Waals surface area contributed by atoms with Crippen LogP contribution in [0.4, 0.5) is 5.69 Å². The SMILES string of the molecule is COc1ccc(CCNC(=S)NNC(=S)Nc2ccc(C)c(Cl)c2)cc1OC. The molecule has 28 heavy (non-hydrogen) atoms. The molecule has 2 aromatic carbocycles. The Balaban J connectivity index is 1.72. The number of benzene rings is 2. The highest BCUT2D eigenvalue weighted by Gasteiger charge is 2.05. The van der Waals surface area contributed by atoms with E-state index in [-0.39, 0.29) is 0 Å². The third kappa shape index (κ3) is 6.70. The van der Waals surface area contributed by atoms with Crippen molar-refractivity contribution in [1.29, 1.82) is 0 Å². The van der Waals surface area contributed by atoms with Crippen LogP contribution in [-0.2, 0) is 6.42 Å². The number of thiocarbonyl (C=S) groups is 2. The van der Waals surface area contributed by atoms with Gasteiger partial charge in [-0.2, -0.15) is 0 Å². The summed E-state index contributed by atoms with van der Waals surface area (Å²) in [5, 5.41) is 7.63. The summed E-state index contributed by atoms with van der Waals surface area (Å²) >= 11 is 16.6. The normalized spacial score (nSPS) is 10.0. The van der Waals surface area contributed by atoms with E-state index in [2.05, 4.69) is 21.5 Å². The fourth-order valence-electron chi connectivity index (χ4n) is 2.35. The van der Waals surface area contributed by atoms with E-state index in [1.807, 2.05) is 43.3 Å². The van der Waals surface area contributed by atoms with Crippen LogP contribution in [0, 0.1) is 6.92 Å². The first-order valence-electron chi connectivity index (χ1n) is 8.51. The Kier molecular flexibility index (Phi) is 8.56. The van der Waals surface area contributed by atoms with Gasteiger partial charge in [-0.1, -0.05) is 23.7 Å². The Bertz CT molecular complexity index is 849. The van der Waals surface area contributed by atoms with E-state index in [0.29, 0.717) is 33.3 Å². The number of hydrazine groups is 1. The van der Waals surface area contributed by atoms with Crippen LogP contribution in [0.5, 0.6) is 11.5 Å². The van der Waals surface area contributed by atoms with Gasteiger partial charge in [0.05, 0.1) is 14.2 Å². The Hall–Kier alpha value is -2.29. The van der Waals surface area contributed by atoms with E-state index in [0.717, 1.165) is 23.2 Å². The van der Waals surface area contributed by atoms with Crippen molar-refractivity contribution in [2.45, 2.75) is 13.3 Å². The Labute approximate surface area is 180 Å². The fraction of sp³-hybridized carbons (Fsp3) is 0.263. The van der Waals surface area contributed by atoms with E-state index >= 15 is 0 Å². The summed E-state index contributed by atoms with van der Waals surface area (Å²) in [5.74, 6) is 1.41. The predicted molar refractivity (Wildman–Crippen MR) is 123 cm³/mol. The van der Waals surface area contributed by atoms with E-state index < -0.39 is 0 Å². The van der Waals surface area contributed by atoms with Gasteiger partial charge in [0.25, 0.3) is 0 Å². The molecule has 0 aliphatic carbocycles. The first kappa shape index (κ1) is 22.0. The van der Waals surface area contributed by atoms with Gasteiger partial charge in [0.15, 0.2) is 21.7 Å². The largest absolute Gasteiger partial charge is 0.493 e. The van der Waals surface area contributed by atoms with Gasteiger partial charge in [-0.25, -0.2) is 0 Å². The average molecular weight is 439 g/mol. The Morgan fingerprint density at radius 3 is 2.36 bits per heavy atom. The molecule has 0 heterocycles. The number of hydrogen-bond donors (Lipinski definition) is 4. The number of nitrogens with one attached hydrogen (secondary N) is 4. The summed E-state index contributed by atoms with van der Waals surface area (Å²) in [5.41, 5.74) is 8.58. The lowest BCUT2D eigenvalue weighted by Gasteiger charge is -2.15. The van der Waals surface area contributed by atoms with Crippen molar-refractivity contribution in [3.05, 3.63) is 52.5 Å². The Morgan fingerprint density at radius 1 is 0.964 bits per heavy atom. The lowest BCUT2D eigenvalue weighted by Crippen LogP contribution is -2.48. The van der Waals surface area contributed by atoms with Crippen molar-refractivity contribution in [1.82, 2.24) is 16.2 Å². The molecule has 0 amide bonds. The second-order valence-electron chi connectivity index (χ2n) is 5.86. The summed E-state index contributed by atoms with van der Waals surface area (Å²) in [6.07, 6.45) is 0.771. The van der Waals surface area contributed by atoms with Gasteiger partial charge in [0, 0.05) is 17.3 Å². The highest BCUT2D eigenvalue weighted by molar-refractivity contribution is 7.80. The summed E-state index contributed by atoms with van der Waals surface area (Å²) in [6, 6.07) is 11.4. The average Bonchev–Trinajstić information content (AvgIpc) is 2.69. The van der Waals surface area contributed by atoms with Crippen LogP contribution < -0.4 is 31.0 Å². The van der Waals surface area contributed by atoms with Crippen molar-refractivity contribution < 1.29 is 9.47 Å². The monoisotopic (exact) mass is 438 g/mol. The molecule has 150 valence electrons. The van der Waals surface area contributed by atoms with Crippen molar-refractivity contribution in [2.24, 2.45) is 0 Å². The number of anilines is 1. The first-order valence-corrected chi connectivity index (χ1v) is 9.70. The van der Waals surface area contributed by atoms with E-state index in [1.165, 1.54) is 0 Å². The highest BCUT2D eigenvalue weighted by Crippen LogP contribution is 2.27. The molecule has 0 saturated heterocycles. The molecule has 2 aromatic rings. The molecule has 0 aliphatic heterocycles. The lowest BCUT2D eigenvalue weighted by molar-refractivity contribution is 0.354. The van der Waals surface area contributed by atoms with Crippen LogP contribution in [0.3, 0.4) is 0 Å². The molecule has 0 radical (unpaired) electrons. The smallest absolute Gasteiger partial charge is 0.189 e. The van der Waals surface area contributed by atoms with Gasteiger partial charge in [0.1, 0.15) is 0 Å². The molecule has 0 saturated carbocycles. The van der Waals surface area contributed by atoms with Gasteiger partial charge in [-0.3, -0.25) is 10.9 Å². The van der Waals surface area contributed by atoms with Crippen LogP contribution in [-0.4, -0.2) is 31.0 Å². The minimum atomic E-state index is 0.379. The summed E-state index contributed by atoms with van der Waals surface area (Å²) in [4.78, 5) is 0. The third-order valence-electron chi connectivity index (χ3n) is 3.87. The molecule has 9 heteroatoms. The number of rotatable bonds is 6. The fourth-order valence-corrected chi connectivity index (χ4v) is 2.85. The standard InChI is InChI=1S/C19H23ClN4O2S2/c1-12-4-6-14(11-15(12)20)22-19(28)24-23-18(27)21-9-8-13-5-7-16(25-2)17(10-13)26-3/h4-7,10-11H,8-9H2,1-3H3,(H2,21,23,27)(H2,22,24,28). The molecule has 2 rings (SSSR count). The lowest BCUT2D eigenvalue weighted by atomic mass is 10.1. The minimum Gasteiger partial charge on any atom is -0.493 e. The van der Waals surface area contributed by atoms with Crippen molar-refractivity contribution in [3.8, 4) is 11.5 Å². The van der Waals surface area contributed by atoms with E-state index in [4.69, 9.17) is 45.5 Å². The minimum absolute atomic E-state index is 0.379. The number of halogens is 1. The van der Waals surface area contributed by atoms with Gasteiger partial charge in [-0.15, -0.1) is 0 Å². The summed E-state index contributed by atoms with van der Waals surface area (Å²) < 4.78 is 10.5. The molecule has 0 spiro atoms. The van der Waals surface area contributed by atoms with Crippen molar-refractivity contribution in [3.63, 3.8) is 0 Å². The molecule has 6 nitrogen and oxygen atoms in total. The van der Waals surface area contributed by atoms with Crippen LogP contribution in [0.1, 0.15) is 11.1 Å². The number of hydrogen-bond acceptors (Lipinski definition) is 4. The molecular weight excluding hydrogens is 416 g/mol.